The predicted octanol–water partition coefficient (Wildman–Crippen LogP) is 3.74. The summed E-state index contributed by atoms with van der Waals surface area (Å²) < 4.78 is 24.4. The third kappa shape index (κ3) is 5.87. The monoisotopic (exact) mass is 532 g/mol. The van der Waals surface area contributed by atoms with E-state index in [2.05, 4.69) is 6.07 Å². The first-order valence-electron chi connectivity index (χ1n) is 12.8. The van der Waals surface area contributed by atoms with Gasteiger partial charge in [0.15, 0.2) is 0 Å². The molecule has 4 rings (SSSR count). The summed E-state index contributed by atoms with van der Waals surface area (Å²) >= 11 is 0. The molecule has 0 bridgehead atoms. The lowest BCUT2D eigenvalue weighted by molar-refractivity contribution is -0.136. The van der Waals surface area contributed by atoms with Gasteiger partial charge in [-0.05, 0) is 41.0 Å². The Kier molecular flexibility index (Phi) is 8.79. The third-order valence-corrected chi connectivity index (χ3v) is 7.39. The highest BCUT2D eigenvalue weighted by Crippen LogP contribution is 2.34. The first-order chi connectivity index (χ1) is 18.8. The molecule has 0 N–H and O–H groups in total. The topological polar surface area (TPSA) is 86.1 Å². The number of benzene rings is 3. The summed E-state index contributed by atoms with van der Waals surface area (Å²) in [4.78, 5) is 31.8. The van der Waals surface area contributed by atoms with Gasteiger partial charge < -0.3 is 19.3 Å². The molecule has 0 radical (unpaired) electrons. The number of carbonyl (C=O) groups excluding carboxylic acids is 2. The summed E-state index contributed by atoms with van der Waals surface area (Å²) in [5, 5.41) is 11.5. The highest BCUT2D eigenvalue weighted by molar-refractivity contribution is 5.91. The zero-order valence-electron chi connectivity index (χ0n) is 22.7. The van der Waals surface area contributed by atoms with Crippen molar-refractivity contribution >= 4 is 22.6 Å². The number of likely N-dealkylation sites (N-methyl/N-ethyl adjacent to an activating group) is 2. The number of carbonyl (C=O) groups is 2. The quantitative estimate of drug-likeness (QED) is 0.418. The Morgan fingerprint density at radius 2 is 1.87 bits per heavy atom. The van der Waals surface area contributed by atoms with E-state index in [4.69, 9.17) is 9.47 Å². The summed E-state index contributed by atoms with van der Waals surface area (Å²) in [6.07, 6.45) is 0.698. The number of fused-ring (bicyclic) bond motifs is 1. The molecular formula is C30H33FN4O4. The molecule has 1 heterocycles. The molecule has 3 aromatic rings. The second kappa shape index (κ2) is 12.2. The van der Waals surface area contributed by atoms with Crippen LogP contribution in [0, 0.1) is 17.1 Å². The lowest BCUT2D eigenvalue weighted by Gasteiger charge is -2.32. The van der Waals surface area contributed by atoms with Gasteiger partial charge in [-0.1, -0.05) is 36.4 Å². The van der Waals surface area contributed by atoms with Crippen LogP contribution in [0.5, 0.6) is 5.75 Å². The number of likely N-dealkylation sites (tertiary alicyclic amines) is 1. The minimum atomic E-state index is -0.678. The maximum Gasteiger partial charge on any atom is 0.248 e. The molecule has 2 amide bonds. The van der Waals surface area contributed by atoms with E-state index in [1.165, 1.54) is 26.4 Å². The molecule has 8 nitrogen and oxygen atoms in total. The van der Waals surface area contributed by atoms with Crippen molar-refractivity contribution in [2.24, 2.45) is 0 Å². The molecular weight excluding hydrogens is 499 g/mol. The zero-order valence-corrected chi connectivity index (χ0v) is 22.7. The maximum atomic E-state index is 14.1. The molecule has 2 atom stereocenters. The van der Waals surface area contributed by atoms with E-state index >= 15 is 0 Å². The number of hydrogen-bond donors (Lipinski definition) is 0. The molecule has 1 aliphatic rings. The molecule has 1 fully saturated rings. The molecule has 9 heteroatoms. The Bertz CT molecular complexity index is 1390. The Morgan fingerprint density at radius 3 is 2.54 bits per heavy atom. The average Bonchev–Trinajstić information content (AvgIpc) is 3.43. The van der Waals surface area contributed by atoms with E-state index in [1.54, 1.807) is 42.1 Å². The maximum absolute atomic E-state index is 14.1. The summed E-state index contributed by atoms with van der Waals surface area (Å²) in [6, 6.07) is 16.9. The van der Waals surface area contributed by atoms with Crippen LogP contribution in [0.25, 0.3) is 10.8 Å². The van der Waals surface area contributed by atoms with E-state index in [0.717, 1.165) is 16.3 Å². The van der Waals surface area contributed by atoms with Gasteiger partial charge in [0.25, 0.3) is 0 Å². The van der Waals surface area contributed by atoms with Crippen LogP contribution in [0.4, 0.5) is 4.39 Å². The lowest BCUT2D eigenvalue weighted by Crippen LogP contribution is -2.44. The van der Waals surface area contributed by atoms with Crippen molar-refractivity contribution in [3.63, 3.8) is 0 Å². The van der Waals surface area contributed by atoms with Crippen LogP contribution < -0.4 is 4.74 Å². The van der Waals surface area contributed by atoms with Gasteiger partial charge in [-0.3, -0.25) is 14.5 Å². The highest BCUT2D eigenvalue weighted by Gasteiger charge is 2.37. The molecule has 0 spiro atoms. The van der Waals surface area contributed by atoms with Gasteiger partial charge in [-0.15, -0.1) is 0 Å². The Morgan fingerprint density at radius 1 is 1.15 bits per heavy atom. The van der Waals surface area contributed by atoms with Crippen LogP contribution in [0.2, 0.25) is 0 Å². The van der Waals surface area contributed by atoms with E-state index in [9.17, 15) is 19.2 Å². The van der Waals surface area contributed by atoms with E-state index in [1.807, 2.05) is 29.2 Å². The van der Waals surface area contributed by atoms with Gasteiger partial charge in [0.05, 0.1) is 12.7 Å². The van der Waals surface area contributed by atoms with Crippen LogP contribution in [0.3, 0.4) is 0 Å². The van der Waals surface area contributed by atoms with E-state index in [-0.39, 0.29) is 36.8 Å². The Labute approximate surface area is 228 Å². The number of methoxy groups -OCH3 is 2. The van der Waals surface area contributed by atoms with E-state index < -0.39 is 6.04 Å². The van der Waals surface area contributed by atoms with Gasteiger partial charge in [0, 0.05) is 52.4 Å². The summed E-state index contributed by atoms with van der Waals surface area (Å²) in [7, 11) is 6.46. The van der Waals surface area contributed by atoms with Gasteiger partial charge >= 0.3 is 0 Å². The van der Waals surface area contributed by atoms with E-state index in [0.29, 0.717) is 36.4 Å². The van der Waals surface area contributed by atoms with Crippen LogP contribution in [-0.2, 0) is 20.9 Å². The predicted molar refractivity (Wildman–Crippen MR) is 145 cm³/mol. The number of halogens is 1. The van der Waals surface area contributed by atoms with Gasteiger partial charge in [-0.25, -0.2) is 4.39 Å². The second-order valence-corrected chi connectivity index (χ2v) is 9.79. The first kappa shape index (κ1) is 28.0. The fraction of sp³-hybridized carbons (Fsp3) is 0.367. The van der Waals surface area contributed by atoms with Gasteiger partial charge in [0.1, 0.15) is 30.3 Å². The standard InChI is InChI=1S/C30H33FN4O4/c1-33(18-26-25-8-6-5-7-21(25)15-22(16-32)29(26)39-4)30(37)28(20-9-11-23(31)12-10-20)35-14-13-24(17-35)34(2)27(36)19-38-3/h5-12,15,24,28H,13-14,17-19H2,1-4H3/t24-,28?/m1/s1. The summed E-state index contributed by atoms with van der Waals surface area (Å²) in [6.45, 7) is 1.28. The zero-order chi connectivity index (χ0) is 28.1. The fourth-order valence-corrected chi connectivity index (χ4v) is 5.30. The second-order valence-electron chi connectivity index (χ2n) is 9.79. The van der Waals surface area contributed by atoms with Crippen molar-refractivity contribution in [3.8, 4) is 11.8 Å². The molecule has 39 heavy (non-hydrogen) atoms. The van der Waals surface area contributed by atoms with Crippen molar-refractivity contribution in [1.29, 1.82) is 5.26 Å². The molecule has 0 saturated carbocycles. The molecule has 1 saturated heterocycles. The number of hydrogen-bond acceptors (Lipinski definition) is 6. The largest absolute Gasteiger partial charge is 0.495 e. The SMILES string of the molecule is COCC(=O)N(C)[C@@H]1CCN(C(C(=O)N(C)Cc2c(OC)c(C#N)cc3ccccc23)c2ccc(F)cc2)C1. The number of ether oxygens (including phenoxy) is 2. The molecule has 0 aliphatic carbocycles. The minimum absolute atomic E-state index is 0.00634. The van der Waals surface area contributed by atoms with Crippen molar-refractivity contribution in [1.82, 2.24) is 14.7 Å². The summed E-state index contributed by atoms with van der Waals surface area (Å²) in [5.41, 5.74) is 1.81. The fourth-order valence-electron chi connectivity index (χ4n) is 5.30. The smallest absolute Gasteiger partial charge is 0.248 e. The molecule has 1 aliphatic heterocycles. The van der Waals surface area contributed by atoms with Crippen LogP contribution in [0.15, 0.2) is 54.6 Å². The molecule has 0 aromatic heterocycles. The number of nitriles is 1. The van der Waals surface area contributed by atoms with Crippen LogP contribution in [-0.4, -0.2) is 80.6 Å². The minimum Gasteiger partial charge on any atom is -0.495 e. The lowest BCUT2D eigenvalue weighted by atomic mass is 9.98. The number of amides is 2. The van der Waals surface area contributed by atoms with Gasteiger partial charge in [0.2, 0.25) is 11.8 Å². The normalized spacial score (nSPS) is 16.1. The first-order valence-corrected chi connectivity index (χ1v) is 12.8. The van der Waals surface area contributed by atoms with Crippen molar-refractivity contribution in [2.45, 2.75) is 25.0 Å². The van der Waals surface area contributed by atoms with Crippen LogP contribution in [0.1, 0.15) is 29.2 Å². The number of nitrogens with zero attached hydrogens (tertiary/aromatic N) is 4. The molecule has 1 unspecified atom stereocenters. The van der Waals surface area contributed by atoms with Crippen molar-refractivity contribution in [2.75, 3.05) is 48.0 Å². The highest BCUT2D eigenvalue weighted by atomic mass is 19.1. The molecule has 204 valence electrons. The summed E-state index contributed by atoms with van der Waals surface area (Å²) in [5.74, 6) is -0.246. The number of rotatable bonds is 9. The Balaban J connectivity index is 1.66. The Hall–Kier alpha value is -4.00. The average molecular weight is 533 g/mol. The van der Waals surface area contributed by atoms with Gasteiger partial charge in [-0.2, -0.15) is 5.26 Å². The molecule has 3 aromatic carbocycles. The van der Waals surface area contributed by atoms with Crippen molar-refractivity contribution in [3.05, 3.63) is 77.1 Å². The van der Waals surface area contributed by atoms with Crippen molar-refractivity contribution < 1.29 is 23.5 Å². The van der Waals surface area contributed by atoms with Crippen LogP contribution >= 0.6 is 0 Å². The third-order valence-electron chi connectivity index (χ3n) is 7.39.